The third-order valence-corrected chi connectivity index (χ3v) is 2.55. The number of benzene rings is 1. The van der Waals surface area contributed by atoms with Crippen molar-refractivity contribution in [3.8, 4) is 16.9 Å². The van der Waals surface area contributed by atoms with E-state index in [1.54, 1.807) is 6.07 Å². The molecule has 0 amide bonds. The van der Waals surface area contributed by atoms with Crippen molar-refractivity contribution < 1.29 is 13.7 Å². The van der Waals surface area contributed by atoms with Crippen LogP contribution >= 0.6 is 0 Å². The summed E-state index contributed by atoms with van der Waals surface area (Å²) in [5.41, 5.74) is 7.56. The fourth-order valence-corrected chi connectivity index (χ4v) is 1.74. The lowest BCUT2D eigenvalue weighted by molar-refractivity contribution is 0.415. The Morgan fingerprint density at radius 1 is 1.47 bits per heavy atom. The molecule has 2 N–H and O–H groups in total. The highest BCUT2D eigenvalue weighted by Crippen LogP contribution is 2.36. The quantitative estimate of drug-likeness (QED) is 0.889. The summed E-state index contributed by atoms with van der Waals surface area (Å²) in [5, 5.41) is 3.84. The fourth-order valence-electron chi connectivity index (χ4n) is 1.74. The van der Waals surface area contributed by atoms with Crippen molar-refractivity contribution in [1.29, 1.82) is 0 Å². The van der Waals surface area contributed by atoms with E-state index in [-0.39, 0.29) is 11.7 Å². The molecule has 1 aromatic heterocycles. The number of aryl methyl sites for hydroxylation is 1. The molecule has 0 aliphatic rings. The second kappa shape index (κ2) is 4.45. The van der Waals surface area contributed by atoms with Gasteiger partial charge in [0.25, 0.3) is 0 Å². The van der Waals surface area contributed by atoms with Gasteiger partial charge in [-0.3, -0.25) is 0 Å². The van der Waals surface area contributed by atoms with Gasteiger partial charge in [0.15, 0.2) is 0 Å². The third-order valence-electron chi connectivity index (χ3n) is 2.55. The van der Waals surface area contributed by atoms with E-state index >= 15 is 0 Å². The van der Waals surface area contributed by atoms with Gasteiger partial charge < -0.3 is 15.0 Å². The average Bonchev–Trinajstić information content (AvgIpc) is 2.70. The molecular weight excluding hydrogens is 223 g/mol. The Hall–Kier alpha value is -2.04. The molecule has 1 aromatic carbocycles. The summed E-state index contributed by atoms with van der Waals surface area (Å²) in [6.45, 7) is 1.92. The second-order valence-electron chi connectivity index (χ2n) is 3.57. The number of ether oxygens (including phenoxy) is 1. The summed E-state index contributed by atoms with van der Waals surface area (Å²) in [6.07, 6.45) is 0.649. The smallest absolute Gasteiger partial charge is 0.230 e. The van der Waals surface area contributed by atoms with Crippen molar-refractivity contribution in [1.82, 2.24) is 5.16 Å². The molecule has 4 nitrogen and oxygen atoms in total. The minimum Gasteiger partial charge on any atom is -0.496 e. The van der Waals surface area contributed by atoms with Crippen LogP contribution in [0.2, 0.25) is 0 Å². The molecule has 0 fully saturated rings. The monoisotopic (exact) mass is 236 g/mol. The number of nitrogen functional groups attached to an aromatic ring is 1. The van der Waals surface area contributed by atoms with E-state index in [0.29, 0.717) is 29.0 Å². The van der Waals surface area contributed by atoms with Crippen molar-refractivity contribution in [3.63, 3.8) is 0 Å². The molecule has 0 saturated carbocycles. The second-order valence-corrected chi connectivity index (χ2v) is 3.57. The highest BCUT2D eigenvalue weighted by molar-refractivity contribution is 5.79. The van der Waals surface area contributed by atoms with Crippen LogP contribution in [0.5, 0.6) is 5.75 Å². The number of nitrogens with zero attached hydrogens (tertiary/aromatic N) is 1. The third kappa shape index (κ3) is 1.95. The van der Waals surface area contributed by atoms with Gasteiger partial charge in [-0.2, -0.15) is 0 Å². The zero-order valence-corrected chi connectivity index (χ0v) is 9.66. The van der Waals surface area contributed by atoms with E-state index in [0.717, 1.165) is 0 Å². The van der Waals surface area contributed by atoms with Crippen LogP contribution in [0, 0.1) is 5.82 Å². The molecule has 0 bridgehead atoms. The topological polar surface area (TPSA) is 61.3 Å². The molecule has 90 valence electrons. The number of rotatable bonds is 3. The van der Waals surface area contributed by atoms with Crippen LogP contribution in [0.4, 0.5) is 10.3 Å². The molecule has 0 spiro atoms. The summed E-state index contributed by atoms with van der Waals surface area (Å²) < 4.78 is 23.4. The fraction of sp³-hybridized carbons (Fsp3) is 0.250. The average molecular weight is 236 g/mol. The molecule has 2 aromatic rings. The molecule has 0 unspecified atom stereocenters. The first-order chi connectivity index (χ1) is 8.17. The summed E-state index contributed by atoms with van der Waals surface area (Å²) in [6, 6.07) is 4.25. The Morgan fingerprint density at radius 3 is 2.88 bits per heavy atom. The van der Waals surface area contributed by atoms with Gasteiger partial charge in [-0.15, -0.1) is 0 Å². The van der Waals surface area contributed by atoms with Crippen molar-refractivity contribution >= 4 is 5.88 Å². The minimum absolute atomic E-state index is 0.172. The maximum Gasteiger partial charge on any atom is 0.230 e. The predicted octanol–water partition coefficient (Wildman–Crippen LogP) is 2.63. The number of aromatic nitrogens is 1. The Labute approximate surface area is 98.2 Å². The Balaban J connectivity index is 2.66. The normalized spacial score (nSPS) is 10.5. The van der Waals surface area contributed by atoms with E-state index in [1.807, 2.05) is 6.92 Å². The van der Waals surface area contributed by atoms with E-state index in [9.17, 15) is 4.39 Å². The molecule has 1 heterocycles. The van der Waals surface area contributed by atoms with Gasteiger partial charge in [0.2, 0.25) is 5.88 Å². The van der Waals surface area contributed by atoms with Crippen molar-refractivity contribution in [2.75, 3.05) is 12.8 Å². The molecule has 0 radical (unpaired) electrons. The molecule has 0 aliphatic carbocycles. The Bertz CT molecular complexity index is 537. The highest BCUT2D eigenvalue weighted by atomic mass is 19.1. The van der Waals surface area contributed by atoms with Crippen molar-refractivity contribution in [2.24, 2.45) is 0 Å². The molecule has 2 rings (SSSR count). The van der Waals surface area contributed by atoms with Gasteiger partial charge in [0.05, 0.1) is 18.4 Å². The molecule has 0 saturated heterocycles. The van der Waals surface area contributed by atoms with Crippen LogP contribution in [-0.2, 0) is 6.42 Å². The zero-order chi connectivity index (χ0) is 12.4. The Kier molecular flexibility index (Phi) is 2.99. The summed E-state index contributed by atoms with van der Waals surface area (Å²) in [5.74, 6) is 0.352. The lowest BCUT2D eigenvalue weighted by atomic mass is 10.0. The van der Waals surface area contributed by atoms with Gasteiger partial charge in [0, 0.05) is 5.56 Å². The van der Waals surface area contributed by atoms with E-state index < -0.39 is 0 Å². The number of anilines is 1. The highest BCUT2D eigenvalue weighted by Gasteiger charge is 2.18. The summed E-state index contributed by atoms with van der Waals surface area (Å²) in [7, 11) is 1.52. The van der Waals surface area contributed by atoms with Gasteiger partial charge >= 0.3 is 0 Å². The van der Waals surface area contributed by atoms with Crippen LogP contribution in [0.15, 0.2) is 22.7 Å². The lowest BCUT2D eigenvalue weighted by Crippen LogP contribution is -1.94. The molecule has 5 heteroatoms. The molecular formula is C12H13FN2O2. The zero-order valence-electron chi connectivity index (χ0n) is 9.66. The van der Waals surface area contributed by atoms with Crippen molar-refractivity contribution in [2.45, 2.75) is 13.3 Å². The first-order valence-corrected chi connectivity index (χ1v) is 5.25. The van der Waals surface area contributed by atoms with Gasteiger partial charge in [-0.25, -0.2) is 4.39 Å². The van der Waals surface area contributed by atoms with Crippen LogP contribution in [-0.4, -0.2) is 12.3 Å². The van der Waals surface area contributed by atoms with E-state index in [1.165, 1.54) is 19.2 Å². The number of halogens is 1. The van der Waals surface area contributed by atoms with Crippen LogP contribution in [0.3, 0.4) is 0 Å². The van der Waals surface area contributed by atoms with E-state index in [2.05, 4.69) is 5.16 Å². The Morgan fingerprint density at radius 2 is 2.24 bits per heavy atom. The minimum atomic E-state index is -0.358. The molecule has 0 atom stereocenters. The van der Waals surface area contributed by atoms with Crippen LogP contribution < -0.4 is 10.5 Å². The van der Waals surface area contributed by atoms with Crippen LogP contribution in [0.25, 0.3) is 11.1 Å². The largest absolute Gasteiger partial charge is 0.496 e. The summed E-state index contributed by atoms with van der Waals surface area (Å²) >= 11 is 0. The SMILES string of the molecule is CCc1noc(N)c1-c1cc(F)ccc1OC. The first kappa shape index (κ1) is 11.4. The van der Waals surface area contributed by atoms with E-state index in [4.69, 9.17) is 15.0 Å². The maximum absolute atomic E-state index is 13.3. The van der Waals surface area contributed by atoms with Crippen molar-refractivity contribution in [3.05, 3.63) is 29.7 Å². The maximum atomic E-state index is 13.3. The van der Waals surface area contributed by atoms with Crippen LogP contribution in [0.1, 0.15) is 12.6 Å². The number of hydrogen-bond donors (Lipinski definition) is 1. The number of methoxy groups -OCH3 is 1. The molecule has 17 heavy (non-hydrogen) atoms. The van der Waals surface area contributed by atoms with Gasteiger partial charge in [0.1, 0.15) is 11.6 Å². The standard InChI is InChI=1S/C12H13FN2O2/c1-3-9-11(12(14)17-15-9)8-6-7(13)4-5-10(8)16-2/h4-6H,3,14H2,1-2H3. The predicted molar refractivity (Wildman–Crippen MR) is 62.2 cm³/mol. The number of hydrogen-bond acceptors (Lipinski definition) is 4. The van der Waals surface area contributed by atoms with Gasteiger partial charge in [-0.05, 0) is 24.6 Å². The lowest BCUT2D eigenvalue weighted by Gasteiger charge is -2.08. The first-order valence-electron chi connectivity index (χ1n) is 5.25. The molecule has 0 aliphatic heterocycles. The number of nitrogens with two attached hydrogens (primary N) is 1. The summed E-state index contributed by atoms with van der Waals surface area (Å²) in [4.78, 5) is 0. The van der Waals surface area contributed by atoms with Gasteiger partial charge in [-0.1, -0.05) is 12.1 Å².